The van der Waals surface area contributed by atoms with E-state index in [1.54, 1.807) is 6.92 Å². The fourth-order valence-electron chi connectivity index (χ4n) is 2.41. The number of anilines is 1. The van der Waals surface area contributed by atoms with Crippen LogP contribution in [0.3, 0.4) is 0 Å². The van der Waals surface area contributed by atoms with E-state index in [-0.39, 0.29) is 22.7 Å². The predicted octanol–water partition coefficient (Wildman–Crippen LogP) is 1.81. The van der Waals surface area contributed by atoms with Gasteiger partial charge in [-0.2, -0.15) is 4.68 Å². The van der Waals surface area contributed by atoms with Crippen molar-refractivity contribution >= 4 is 44.6 Å². The van der Waals surface area contributed by atoms with Gasteiger partial charge in [-0.1, -0.05) is 12.1 Å². The second-order valence-electron chi connectivity index (χ2n) is 5.24. The highest BCUT2D eigenvalue weighted by Gasteiger charge is 2.26. The number of amides is 1. The number of aryl methyl sites for hydroxylation is 1. The van der Waals surface area contributed by atoms with Crippen LogP contribution in [-0.4, -0.2) is 25.6 Å². The number of aromatic nitrogens is 4. The molecule has 2 aromatic heterocycles. The van der Waals surface area contributed by atoms with E-state index in [1.807, 2.05) is 35.9 Å². The zero-order chi connectivity index (χ0) is 17.4. The predicted molar refractivity (Wildman–Crippen MR) is 89.4 cm³/mol. The number of hydrogen-bond donors (Lipinski definition) is 2. The second-order valence-corrected chi connectivity index (χ2v) is 6.03. The summed E-state index contributed by atoms with van der Waals surface area (Å²) in [6, 6.07) is 7.64. The number of nitrogens with one attached hydrogen (secondary N) is 2. The average molecular weight is 394 g/mol. The monoisotopic (exact) mass is 393 g/mol. The van der Waals surface area contributed by atoms with Gasteiger partial charge in [0.05, 0.1) is 17.8 Å². The summed E-state index contributed by atoms with van der Waals surface area (Å²) in [5, 5.41) is 17.5. The molecule has 3 aromatic rings. The molecule has 1 aromatic carbocycles. The van der Waals surface area contributed by atoms with Crippen molar-refractivity contribution in [1.29, 1.82) is 0 Å². The van der Waals surface area contributed by atoms with E-state index in [2.05, 4.69) is 31.3 Å². The van der Waals surface area contributed by atoms with Crippen molar-refractivity contribution in [2.75, 3.05) is 5.32 Å². The van der Waals surface area contributed by atoms with Gasteiger partial charge in [-0.3, -0.25) is 4.79 Å². The number of carbonyl (C=O) groups excluding carboxylic acids is 1. The number of nitrogens with zero attached hydrogens (tertiary/aromatic N) is 4. The summed E-state index contributed by atoms with van der Waals surface area (Å²) < 4.78 is 3.39. The number of nitro groups is 1. The number of carbonyl (C=O) groups is 1. The molecule has 2 heterocycles. The van der Waals surface area contributed by atoms with Gasteiger partial charge in [0.25, 0.3) is 0 Å². The SMILES string of the molecule is Cc1c(Br)c([N+](=O)[O-])nn1CC(=O)Nc1[nH]c2ccccc2[n+]1C. The lowest BCUT2D eigenvalue weighted by atomic mass is 10.3. The van der Waals surface area contributed by atoms with Crippen LogP contribution in [0.1, 0.15) is 5.69 Å². The normalized spacial score (nSPS) is 11.0. The Morgan fingerprint density at radius 2 is 2.21 bits per heavy atom. The van der Waals surface area contributed by atoms with Crippen molar-refractivity contribution in [3.8, 4) is 0 Å². The van der Waals surface area contributed by atoms with E-state index in [0.29, 0.717) is 11.6 Å². The molecule has 0 saturated heterocycles. The molecule has 0 aliphatic rings. The fourth-order valence-corrected chi connectivity index (χ4v) is 2.83. The maximum atomic E-state index is 12.3. The van der Waals surface area contributed by atoms with Crippen LogP contribution >= 0.6 is 15.9 Å². The topological polar surface area (TPSA) is 110 Å². The summed E-state index contributed by atoms with van der Waals surface area (Å²) >= 11 is 3.13. The standard InChI is InChI=1S/C14H13BrN6O3/c1-8-12(15)13(21(23)24)18-20(8)7-11(22)17-14-16-9-5-3-4-6-10(9)19(14)2/h3-6H,7H2,1-2H3,(H,16,17,22)/p+1. The smallest absolute Gasteiger partial charge is 0.358 e. The van der Waals surface area contributed by atoms with Gasteiger partial charge < -0.3 is 10.1 Å². The zero-order valence-corrected chi connectivity index (χ0v) is 14.5. The quantitative estimate of drug-likeness (QED) is 0.400. The second kappa shape index (κ2) is 6.04. The summed E-state index contributed by atoms with van der Waals surface area (Å²) in [5.41, 5.74) is 2.35. The maximum Gasteiger partial charge on any atom is 0.404 e. The van der Waals surface area contributed by atoms with Crippen LogP contribution in [0, 0.1) is 17.0 Å². The molecule has 0 unspecified atom stereocenters. The third-order valence-electron chi connectivity index (χ3n) is 3.69. The van der Waals surface area contributed by atoms with E-state index in [4.69, 9.17) is 0 Å². The van der Waals surface area contributed by atoms with Crippen molar-refractivity contribution in [2.24, 2.45) is 7.05 Å². The zero-order valence-electron chi connectivity index (χ0n) is 12.9. The molecule has 0 atom stereocenters. The number of benzene rings is 1. The molecule has 124 valence electrons. The molecule has 0 fully saturated rings. The Morgan fingerprint density at radius 1 is 1.50 bits per heavy atom. The highest BCUT2D eigenvalue weighted by molar-refractivity contribution is 9.10. The molecule has 0 bridgehead atoms. The molecule has 0 aliphatic heterocycles. The van der Waals surface area contributed by atoms with Crippen molar-refractivity contribution < 1.29 is 14.3 Å². The Morgan fingerprint density at radius 3 is 2.83 bits per heavy atom. The molecule has 0 spiro atoms. The first-order chi connectivity index (χ1) is 11.4. The van der Waals surface area contributed by atoms with Gasteiger partial charge in [0, 0.05) is 0 Å². The molecular weight excluding hydrogens is 380 g/mol. The van der Waals surface area contributed by atoms with Crippen molar-refractivity contribution in [1.82, 2.24) is 14.8 Å². The van der Waals surface area contributed by atoms with E-state index < -0.39 is 4.92 Å². The van der Waals surface area contributed by atoms with Crippen LogP contribution in [-0.2, 0) is 18.4 Å². The molecule has 1 amide bonds. The average Bonchev–Trinajstić information content (AvgIpc) is 3.00. The van der Waals surface area contributed by atoms with Gasteiger partial charge in [0.1, 0.15) is 15.5 Å². The molecular formula is C14H14BrN6O3+. The molecule has 0 aliphatic carbocycles. The molecule has 0 saturated carbocycles. The van der Waals surface area contributed by atoms with Gasteiger partial charge in [-0.25, -0.2) is 14.9 Å². The Balaban J connectivity index is 1.82. The lowest BCUT2D eigenvalue weighted by Crippen LogP contribution is -2.34. The third-order valence-corrected chi connectivity index (χ3v) is 4.62. The first-order valence-corrected chi connectivity index (χ1v) is 7.81. The largest absolute Gasteiger partial charge is 0.404 e. The van der Waals surface area contributed by atoms with Crippen LogP contribution in [0.2, 0.25) is 0 Å². The summed E-state index contributed by atoms with van der Waals surface area (Å²) in [4.78, 5) is 25.7. The Hall–Kier alpha value is -2.75. The Labute approximate surface area is 144 Å². The van der Waals surface area contributed by atoms with Gasteiger partial charge >= 0.3 is 17.7 Å². The lowest BCUT2D eigenvalue weighted by molar-refractivity contribution is -0.629. The van der Waals surface area contributed by atoms with Crippen LogP contribution in [0.5, 0.6) is 0 Å². The number of imidazole rings is 1. The highest BCUT2D eigenvalue weighted by atomic mass is 79.9. The number of aromatic amines is 1. The van der Waals surface area contributed by atoms with Gasteiger partial charge in [-0.05, 0) is 39.9 Å². The molecule has 2 N–H and O–H groups in total. The van der Waals surface area contributed by atoms with E-state index >= 15 is 0 Å². The minimum atomic E-state index is -0.594. The fraction of sp³-hybridized carbons (Fsp3) is 0.214. The summed E-state index contributed by atoms with van der Waals surface area (Å²) in [6.07, 6.45) is 0. The van der Waals surface area contributed by atoms with Crippen LogP contribution in [0.4, 0.5) is 11.8 Å². The Bertz CT molecular complexity index is 961. The molecule has 3 rings (SSSR count). The molecule has 10 heteroatoms. The van der Waals surface area contributed by atoms with Gasteiger partial charge in [-0.15, -0.1) is 0 Å². The number of rotatable bonds is 4. The molecule has 0 radical (unpaired) electrons. The third kappa shape index (κ3) is 2.75. The first kappa shape index (κ1) is 16.1. The summed E-state index contributed by atoms with van der Waals surface area (Å²) in [7, 11) is 1.83. The van der Waals surface area contributed by atoms with Crippen LogP contribution in [0.15, 0.2) is 28.7 Å². The number of H-pyrrole nitrogens is 1. The van der Waals surface area contributed by atoms with Crippen LogP contribution < -0.4 is 9.88 Å². The number of halogens is 1. The van der Waals surface area contributed by atoms with Gasteiger partial charge in [0.2, 0.25) is 0 Å². The highest BCUT2D eigenvalue weighted by Crippen LogP contribution is 2.26. The van der Waals surface area contributed by atoms with E-state index in [0.717, 1.165) is 11.0 Å². The number of fused-ring (bicyclic) bond motifs is 1. The van der Waals surface area contributed by atoms with Gasteiger partial charge in [0.15, 0.2) is 6.54 Å². The van der Waals surface area contributed by atoms with E-state index in [9.17, 15) is 14.9 Å². The maximum absolute atomic E-state index is 12.3. The molecule has 24 heavy (non-hydrogen) atoms. The summed E-state index contributed by atoms with van der Waals surface area (Å²) in [6.45, 7) is 1.52. The number of hydrogen-bond acceptors (Lipinski definition) is 4. The molecule has 9 nitrogen and oxygen atoms in total. The Kier molecular flexibility index (Phi) is 4.06. The van der Waals surface area contributed by atoms with E-state index in [1.165, 1.54) is 4.68 Å². The number of para-hydroxylation sites is 2. The minimum Gasteiger partial charge on any atom is -0.358 e. The van der Waals surface area contributed by atoms with Crippen molar-refractivity contribution in [2.45, 2.75) is 13.5 Å². The van der Waals surface area contributed by atoms with Crippen molar-refractivity contribution in [3.63, 3.8) is 0 Å². The lowest BCUT2D eigenvalue weighted by Gasteiger charge is -1.99. The first-order valence-electron chi connectivity index (χ1n) is 7.02. The summed E-state index contributed by atoms with van der Waals surface area (Å²) in [5.74, 6) is -0.124. The minimum absolute atomic E-state index is 0.131. The van der Waals surface area contributed by atoms with Crippen molar-refractivity contribution in [3.05, 3.63) is 44.5 Å². The van der Waals surface area contributed by atoms with Crippen LogP contribution in [0.25, 0.3) is 11.0 Å².